The number of nitrogens with zero attached hydrogens (tertiary/aromatic N) is 3. The number of benzene rings is 2. The van der Waals surface area contributed by atoms with E-state index in [1.165, 1.54) is 11.8 Å². The molecule has 144 valence electrons. The Bertz CT molecular complexity index is 944. The van der Waals surface area contributed by atoms with Gasteiger partial charge in [0.05, 0.1) is 11.8 Å². The third-order valence-corrected chi connectivity index (χ3v) is 5.05. The third-order valence-electron chi connectivity index (χ3n) is 4.03. The van der Waals surface area contributed by atoms with Gasteiger partial charge in [0.2, 0.25) is 5.91 Å². The molecule has 1 heterocycles. The minimum Gasteiger partial charge on any atom is -0.342 e. The molecule has 0 bridgehead atoms. The molecule has 0 spiro atoms. The van der Waals surface area contributed by atoms with Crippen molar-refractivity contribution in [2.45, 2.75) is 18.1 Å². The van der Waals surface area contributed by atoms with E-state index in [1.807, 2.05) is 62.5 Å². The zero-order valence-electron chi connectivity index (χ0n) is 15.6. The van der Waals surface area contributed by atoms with E-state index in [2.05, 4.69) is 20.8 Å². The summed E-state index contributed by atoms with van der Waals surface area (Å²) in [6.45, 7) is 1.85. The molecule has 28 heavy (non-hydrogen) atoms. The summed E-state index contributed by atoms with van der Waals surface area (Å²) in [7, 11) is 1.82. The van der Waals surface area contributed by atoms with Crippen LogP contribution in [0.15, 0.2) is 65.8 Å². The molecule has 0 radical (unpaired) electrons. The Hall–Kier alpha value is -3.13. The lowest BCUT2D eigenvalue weighted by molar-refractivity contribution is -0.113. The quantitative estimate of drug-likeness (QED) is 0.600. The van der Waals surface area contributed by atoms with Crippen molar-refractivity contribution in [2.24, 2.45) is 7.05 Å². The van der Waals surface area contributed by atoms with Gasteiger partial charge >= 0.3 is 0 Å². The highest BCUT2D eigenvalue weighted by atomic mass is 32.2. The van der Waals surface area contributed by atoms with Crippen LogP contribution in [0.3, 0.4) is 0 Å². The van der Waals surface area contributed by atoms with Gasteiger partial charge in [-0.1, -0.05) is 48.2 Å². The molecule has 8 heteroatoms. The molecule has 2 amide bonds. The van der Waals surface area contributed by atoms with Crippen LogP contribution in [0.5, 0.6) is 0 Å². The standard InChI is InChI=1S/C20H21N5O2S/c1-14(21-19(27)15-9-5-3-6-10-15)18-23-24-20(25(18)2)28-13-17(26)22-16-11-7-4-8-12-16/h3-12,14H,13H2,1-2H3,(H,21,27)(H,22,26)/t14-/m1/s1. The van der Waals surface area contributed by atoms with Crippen LogP contribution in [0.25, 0.3) is 0 Å². The average Bonchev–Trinajstić information content (AvgIpc) is 3.08. The van der Waals surface area contributed by atoms with Gasteiger partial charge in [0.15, 0.2) is 11.0 Å². The zero-order valence-corrected chi connectivity index (χ0v) is 16.4. The maximum atomic E-state index is 12.3. The van der Waals surface area contributed by atoms with E-state index < -0.39 is 0 Å². The number of aromatic nitrogens is 3. The van der Waals surface area contributed by atoms with Crippen LogP contribution in [-0.2, 0) is 11.8 Å². The van der Waals surface area contributed by atoms with E-state index in [1.54, 1.807) is 16.7 Å². The van der Waals surface area contributed by atoms with Gasteiger partial charge < -0.3 is 15.2 Å². The van der Waals surface area contributed by atoms with Crippen molar-refractivity contribution in [3.63, 3.8) is 0 Å². The first-order valence-corrected chi connectivity index (χ1v) is 9.76. The number of hydrogen-bond acceptors (Lipinski definition) is 5. The van der Waals surface area contributed by atoms with Gasteiger partial charge in [-0.05, 0) is 31.2 Å². The van der Waals surface area contributed by atoms with Crippen LogP contribution in [-0.4, -0.2) is 32.3 Å². The van der Waals surface area contributed by atoms with Crippen molar-refractivity contribution >= 4 is 29.3 Å². The average molecular weight is 395 g/mol. The van der Waals surface area contributed by atoms with E-state index in [-0.39, 0.29) is 23.6 Å². The number of anilines is 1. The van der Waals surface area contributed by atoms with E-state index in [9.17, 15) is 9.59 Å². The van der Waals surface area contributed by atoms with Crippen molar-refractivity contribution in [3.8, 4) is 0 Å². The first-order chi connectivity index (χ1) is 13.5. The van der Waals surface area contributed by atoms with Crippen molar-refractivity contribution in [2.75, 3.05) is 11.1 Å². The molecular formula is C20H21N5O2S. The number of carbonyl (C=O) groups is 2. The lowest BCUT2D eigenvalue weighted by Gasteiger charge is -2.13. The third kappa shape index (κ3) is 4.98. The molecule has 1 aromatic heterocycles. The van der Waals surface area contributed by atoms with E-state index in [0.29, 0.717) is 16.5 Å². The van der Waals surface area contributed by atoms with Crippen LogP contribution >= 0.6 is 11.8 Å². The number of para-hydroxylation sites is 1. The van der Waals surface area contributed by atoms with Gasteiger partial charge in [0, 0.05) is 18.3 Å². The smallest absolute Gasteiger partial charge is 0.251 e. The number of nitrogens with one attached hydrogen (secondary N) is 2. The molecule has 0 saturated heterocycles. The van der Waals surface area contributed by atoms with Gasteiger partial charge in [-0.25, -0.2) is 0 Å². The summed E-state index contributed by atoms with van der Waals surface area (Å²) in [4.78, 5) is 24.4. The zero-order chi connectivity index (χ0) is 19.9. The highest BCUT2D eigenvalue weighted by Gasteiger charge is 2.19. The summed E-state index contributed by atoms with van der Waals surface area (Å²) in [5.41, 5.74) is 1.34. The second-order valence-electron chi connectivity index (χ2n) is 6.16. The normalized spacial score (nSPS) is 11.6. The van der Waals surface area contributed by atoms with Gasteiger partial charge in [-0.15, -0.1) is 10.2 Å². The monoisotopic (exact) mass is 395 g/mol. The molecule has 2 aromatic carbocycles. The molecule has 0 aliphatic carbocycles. The highest BCUT2D eigenvalue weighted by molar-refractivity contribution is 7.99. The second kappa shape index (κ2) is 9.18. The summed E-state index contributed by atoms with van der Waals surface area (Å²) < 4.78 is 1.79. The van der Waals surface area contributed by atoms with Gasteiger partial charge in [0.25, 0.3) is 5.91 Å². The van der Waals surface area contributed by atoms with Crippen LogP contribution < -0.4 is 10.6 Å². The highest BCUT2D eigenvalue weighted by Crippen LogP contribution is 2.19. The largest absolute Gasteiger partial charge is 0.342 e. The summed E-state index contributed by atoms with van der Waals surface area (Å²) >= 11 is 1.29. The van der Waals surface area contributed by atoms with E-state index >= 15 is 0 Å². The Morgan fingerprint density at radius 3 is 2.36 bits per heavy atom. The number of amides is 2. The van der Waals surface area contributed by atoms with Crippen LogP contribution in [0.2, 0.25) is 0 Å². The molecule has 2 N–H and O–H groups in total. The van der Waals surface area contributed by atoms with Crippen molar-refractivity contribution in [1.29, 1.82) is 0 Å². The van der Waals surface area contributed by atoms with Crippen LogP contribution in [0.1, 0.15) is 29.1 Å². The summed E-state index contributed by atoms with van der Waals surface area (Å²) in [6.07, 6.45) is 0. The fraction of sp³-hybridized carbons (Fsp3) is 0.200. The lowest BCUT2D eigenvalue weighted by Crippen LogP contribution is -2.28. The topological polar surface area (TPSA) is 88.9 Å². The number of hydrogen-bond donors (Lipinski definition) is 2. The van der Waals surface area contributed by atoms with Crippen molar-refractivity contribution in [1.82, 2.24) is 20.1 Å². The molecule has 7 nitrogen and oxygen atoms in total. The van der Waals surface area contributed by atoms with E-state index in [4.69, 9.17) is 0 Å². The van der Waals surface area contributed by atoms with Crippen molar-refractivity contribution in [3.05, 3.63) is 72.1 Å². The molecular weight excluding hydrogens is 374 g/mol. The summed E-state index contributed by atoms with van der Waals surface area (Å²) in [5, 5.41) is 14.7. The molecule has 0 unspecified atom stereocenters. The van der Waals surface area contributed by atoms with Gasteiger partial charge in [0.1, 0.15) is 0 Å². The van der Waals surface area contributed by atoms with Crippen LogP contribution in [0.4, 0.5) is 5.69 Å². The molecule has 0 fully saturated rings. The predicted molar refractivity (Wildman–Crippen MR) is 109 cm³/mol. The maximum Gasteiger partial charge on any atom is 0.251 e. The first kappa shape index (κ1) is 19.6. The van der Waals surface area contributed by atoms with Gasteiger partial charge in [-0.2, -0.15) is 0 Å². The second-order valence-corrected chi connectivity index (χ2v) is 7.11. The van der Waals surface area contributed by atoms with Gasteiger partial charge in [-0.3, -0.25) is 9.59 Å². The number of rotatable bonds is 7. The maximum absolute atomic E-state index is 12.3. The summed E-state index contributed by atoms with van der Waals surface area (Å²) in [5.74, 6) is 0.542. The minimum atomic E-state index is -0.322. The predicted octanol–water partition coefficient (Wildman–Crippen LogP) is 3.04. The molecule has 3 rings (SSSR count). The lowest BCUT2D eigenvalue weighted by atomic mass is 10.2. The Morgan fingerprint density at radius 1 is 1.04 bits per heavy atom. The Balaban J connectivity index is 1.57. The number of carbonyl (C=O) groups excluding carboxylic acids is 2. The fourth-order valence-corrected chi connectivity index (χ4v) is 3.33. The molecule has 1 atom stereocenters. The Morgan fingerprint density at radius 2 is 1.68 bits per heavy atom. The SMILES string of the molecule is C[C@@H](NC(=O)c1ccccc1)c1nnc(SCC(=O)Nc2ccccc2)n1C. The van der Waals surface area contributed by atoms with E-state index in [0.717, 1.165) is 5.69 Å². The Kier molecular flexibility index (Phi) is 6.44. The first-order valence-electron chi connectivity index (χ1n) is 8.77. The van der Waals surface area contributed by atoms with Crippen molar-refractivity contribution < 1.29 is 9.59 Å². The number of thioether (sulfide) groups is 1. The van der Waals surface area contributed by atoms with Crippen LogP contribution in [0, 0.1) is 0 Å². The molecule has 3 aromatic rings. The minimum absolute atomic E-state index is 0.119. The summed E-state index contributed by atoms with van der Waals surface area (Å²) in [6, 6.07) is 18.0. The molecule has 0 saturated carbocycles. The molecule has 0 aliphatic heterocycles. The molecule has 0 aliphatic rings. The Labute approximate surface area is 167 Å². The fourth-order valence-electron chi connectivity index (χ4n) is 2.61.